The molecule has 0 amide bonds. The zero-order valence-corrected chi connectivity index (χ0v) is 13.2. The van der Waals surface area contributed by atoms with Crippen molar-refractivity contribution in [1.82, 2.24) is 9.88 Å². The molecule has 0 saturated carbocycles. The zero-order valence-electron chi connectivity index (χ0n) is 13.2. The Bertz CT molecular complexity index is 916. The number of aromatic amines is 1. The molecule has 2 aliphatic rings. The van der Waals surface area contributed by atoms with Crippen LogP contribution in [0.15, 0.2) is 36.4 Å². The summed E-state index contributed by atoms with van der Waals surface area (Å²) in [4.78, 5) is 5.83. The molecule has 0 bridgehead atoms. The molecular formula is C19H20N2O2. The summed E-state index contributed by atoms with van der Waals surface area (Å²) >= 11 is 0. The molecule has 4 nitrogen and oxygen atoms in total. The lowest BCUT2D eigenvalue weighted by Gasteiger charge is -2.46. The first-order valence-electron chi connectivity index (χ1n) is 8.26. The molecule has 1 fully saturated rings. The summed E-state index contributed by atoms with van der Waals surface area (Å²) in [6, 6.07) is 12.5. The third-order valence-corrected chi connectivity index (χ3v) is 5.51. The third-order valence-electron chi connectivity index (χ3n) is 5.51. The van der Waals surface area contributed by atoms with Crippen LogP contribution in [0.2, 0.25) is 0 Å². The Balaban J connectivity index is 1.71. The molecular weight excluding hydrogens is 288 g/mol. The minimum atomic E-state index is -1.01. The van der Waals surface area contributed by atoms with Gasteiger partial charge < -0.3 is 19.7 Å². The Morgan fingerprint density at radius 1 is 1.22 bits per heavy atom. The molecule has 0 spiro atoms. The number of H-pyrrole nitrogens is 1. The minimum Gasteiger partial charge on any atom is -0.462 e. The van der Waals surface area contributed by atoms with E-state index in [-0.39, 0.29) is 5.92 Å². The van der Waals surface area contributed by atoms with Gasteiger partial charge in [-0.1, -0.05) is 18.2 Å². The van der Waals surface area contributed by atoms with E-state index in [1.807, 2.05) is 6.07 Å². The van der Waals surface area contributed by atoms with E-state index in [4.69, 9.17) is 4.74 Å². The number of hydrogen-bond donors (Lipinski definition) is 2. The molecule has 2 aromatic carbocycles. The average molecular weight is 308 g/mol. The van der Waals surface area contributed by atoms with Gasteiger partial charge >= 0.3 is 0 Å². The quantitative estimate of drug-likeness (QED) is 0.671. The van der Waals surface area contributed by atoms with E-state index in [2.05, 4.69) is 47.3 Å². The summed E-state index contributed by atoms with van der Waals surface area (Å²) in [5, 5.41) is 13.4. The predicted molar refractivity (Wildman–Crippen MR) is 90.7 cm³/mol. The van der Waals surface area contributed by atoms with E-state index in [1.165, 1.54) is 16.3 Å². The Hall–Kier alpha value is -2.04. The number of ether oxygens (including phenoxy) is 1. The second-order valence-corrected chi connectivity index (χ2v) is 7.00. The third kappa shape index (κ3) is 1.85. The lowest BCUT2D eigenvalue weighted by atomic mass is 9.82. The van der Waals surface area contributed by atoms with Crippen LogP contribution >= 0.6 is 0 Å². The molecule has 0 radical (unpaired) electrons. The SMILES string of the molecule is CN1CCC2(O)Oc3ccc4c([nH]c5ccccc54)c3CC2C1. The minimum absolute atomic E-state index is 0.116. The number of likely N-dealkylation sites (tertiary alicyclic amines) is 1. The van der Waals surface area contributed by atoms with Crippen LogP contribution in [0.4, 0.5) is 0 Å². The highest BCUT2D eigenvalue weighted by atomic mass is 16.6. The summed E-state index contributed by atoms with van der Waals surface area (Å²) in [7, 11) is 2.11. The summed E-state index contributed by atoms with van der Waals surface area (Å²) in [5.41, 5.74) is 3.50. The van der Waals surface area contributed by atoms with Crippen molar-refractivity contribution >= 4 is 21.8 Å². The maximum absolute atomic E-state index is 10.9. The van der Waals surface area contributed by atoms with E-state index >= 15 is 0 Å². The first-order chi connectivity index (χ1) is 11.1. The van der Waals surface area contributed by atoms with Crippen LogP contribution in [0.1, 0.15) is 12.0 Å². The molecule has 2 atom stereocenters. The number of para-hydroxylation sites is 1. The fourth-order valence-corrected chi connectivity index (χ4v) is 4.22. The summed E-state index contributed by atoms with van der Waals surface area (Å²) < 4.78 is 6.08. The number of piperidine rings is 1. The maximum atomic E-state index is 10.9. The van der Waals surface area contributed by atoms with Crippen LogP contribution in [0.25, 0.3) is 21.8 Å². The van der Waals surface area contributed by atoms with Crippen molar-refractivity contribution in [3.05, 3.63) is 42.0 Å². The molecule has 4 heteroatoms. The van der Waals surface area contributed by atoms with Crippen molar-refractivity contribution in [3.63, 3.8) is 0 Å². The van der Waals surface area contributed by atoms with Gasteiger partial charge in [0, 0.05) is 47.3 Å². The number of fused-ring (bicyclic) bond motifs is 6. The van der Waals surface area contributed by atoms with Crippen LogP contribution in [0.5, 0.6) is 5.75 Å². The van der Waals surface area contributed by atoms with Gasteiger partial charge in [-0.25, -0.2) is 0 Å². The molecule has 3 heterocycles. The normalized spacial score (nSPS) is 27.7. The van der Waals surface area contributed by atoms with Gasteiger partial charge in [-0.05, 0) is 31.7 Å². The standard InChI is InChI=1S/C19H20N2O2/c1-21-9-8-19(22)12(11-21)10-15-17(23-19)7-6-14-13-4-2-3-5-16(13)20-18(14)15/h2-7,12,20,22H,8-11H2,1H3. The fourth-order valence-electron chi connectivity index (χ4n) is 4.22. The van der Waals surface area contributed by atoms with E-state index in [0.29, 0.717) is 6.42 Å². The van der Waals surface area contributed by atoms with E-state index in [9.17, 15) is 5.11 Å². The van der Waals surface area contributed by atoms with Gasteiger partial charge in [-0.3, -0.25) is 0 Å². The van der Waals surface area contributed by atoms with Gasteiger partial charge in [0.2, 0.25) is 5.79 Å². The van der Waals surface area contributed by atoms with Gasteiger partial charge in [-0.15, -0.1) is 0 Å². The Labute approximate surface area is 134 Å². The van der Waals surface area contributed by atoms with E-state index in [0.717, 1.165) is 36.3 Å². The van der Waals surface area contributed by atoms with Gasteiger partial charge in [-0.2, -0.15) is 0 Å². The molecule has 0 aliphatic carbocycles. The summed E-state index contributed by atoms with van der Waals surface area (Å²) in [6.45, 7) is 1.74. The summed E-state index contributed by atoms with van der Waals surface area (Å²) in [5.74, 6) is -0.0720. The Kier molecular flexibility index (Phi) is 2.62. The van der Waals surface area contributed by atoms with Crippen molar-refractivity contribution < 1.29 is 9.84 Å². The van der Waals surface area contributed by atoms with E-state index < -0.39 is 5.79 Å². The molecule has 2 N–H and O–H groups in total. The lowest BCUT2D eigenvalue weighted by molar-refractivity contribution is -0.211. The number of benzene rings is 2. The van der Waals surface area contributed by atoms with Gasteiger partial charge in [0.15, 0.2) is 0 Å². The van der Waals surface area contributed by atoms with Crippen LogP contribution in [-0.4, -0.2) is 40.9 Å². The Morgan fingerprint density at radius 2 is 2.09 bits per heavy atom. The van der Waals surface area contributed by atoms with Crippen molar-refractivity contribution in [3.8, 4) is 5.75 Å². The van der Waals surface area contributed by atoms with Crippen LogP contribution in [-0.2, 0) is 6.42 Å². The fraction of sp³-hybridized carbons (Fsp3) is 0.368. The largest absolute Gasteiger partial charge is 0.462 e. The number of aromatic nitrogens is 1. The van der Waals surface area contributed by atoms with Gasteiger partial charge in [0.05, 0.1) is 5.52 Å². The number of hydrogen-bond acceptors (Lipinski definition) is 3. The Morgan fingerprint density at radius 3 is 3.00 bits per heavy atom. The highest BCUT2D eigenvalue weighted by molar-refractivity contribution is 6.08. The topological polar surface area (TPSA) is 48.5 Å². The molecule has 5 rings (SSSR count). The number of rotatable bonds is 0. The molecule has 23 heavy (non-hydrogen) atoms. The molecule has 1 aromatic heterocycles. The number of nitrogens with zero attached hydrogens (tertiary/aromatic N) is 1. The van der Waals surface area contributed by atoms with Gasteiger partial charge in [0.1, 0.15) is 5.75 Å². The van der Waals surface area contributed by atoms with Crippen molar-refractivity contribution in [2.24, 2.45) is 5.92 Å². The van der Waals surface area contributed by atoms with Crippen LogP contribution < -0.4 is 4.74 Å². The molecule has 1 saturated heterocycles. The first kappa shape index (κ1) is 13.4. The first-order valence-corrected chi connectivity index (χ1v) is 8.26. The van der Waals surface area contributed by atoms with Crippen molar-refractivity contribution in [1.29, 1.82) is 0 Å². The van der Waals surface area contributed by atoms with Crippen molar-refractivity contribution in [2.75, 3.05) is 20.1 Å². The maximum Gasteiger partial charge on any atom is 0.213 e. The van der Waals surface area contributed by atoms with E-state index in [1.54, 1.807) is 0 Å². The number of aliphatic hydroxyl groups is 1. The predicted octanol–water partition coefficient (Wildman–Crippen LogP) is 2.90. The smallest absolute Gasteiger partial charge is 0.213 e. The second-order valence-electron chi connectivity index (χ2n) is 7.00. The van der Waals surface area contributed by atoms with Crippen molar-refractivity contribution in [2.45, 2.75) is 18.6 Å². The molecule has 118 valence electrons. The highest BCUT2D eigenvalue weighted by Crippen LogP contribution is 2.43. The highest BCUT2D eigenvalue weighted by Gasteiger charge is 2.46. The molecule has 2 aliphatic heterocycles. The lowest BCUT2D eigenvalue weighted by Crippen LogP contribution is -2.56. The molecule has 3 aromatic rings. The second kappa shape index (κ2) is 4.49. The zero-order chi connectivity index (χ0) is 15.6. The number of nitrogens with one attached hydrogen (secondary N) is 1. The average Bonchev–Trinajstić information content (AvgIpc) is 2.92. The van der Waals surface area contributed by atoms with Gasteiger partial charge in [0.25, 0.3) is 0 Å². The molecule has 2 unspecified atom stereocenters. The monoisotopic (exact) mass is 308 g/mol. The van der Waals surface area contributed by atoms with Crippen LogP contribution in [0, 0.1) is 5.92 Å². The summed E-state index contributed by atoms with van der Waals surface area (Å²) in [6.07, 6.45) is 1.51. The van der Waals surface area contributed by atoms with Crippen LogP contribution in [0.3, 0.4) is 0 Å².